The molecule has 530 valence electrons. The minimum atomic E-state index is -1.73. The Labute approximate surface area is 573 Å². The standard InChI is InChI=1S/C68H113IN12O13/c1-18-24-49-63(89)80(16)68(8,9)67(93)72-51(33-42(3)4)62(88)79(15)54(65(91)81-31-21-20-22-32-81)38-56(83)77(13)52(34-43(5)6)61(87)73-59(44(7)19-2)66(92)76(12)40-57(84)74(10)41-58(85)78(14)53(37-45-27-29-48(94-17)30-28-45)64(90)75(11)39-55(82)70-50(60(86)71-49)36-46-25-23-26-47(69)35-46/h1,42-54,59H,19-41H2,2-17H3,(H,70,82)(H,71,86)(H,72,93)(H,73,87)/t44-,45?,46?,47?,48?,49-,50-,51-,52-,53-,54-,59-/m0/s1. The number of nitrogens with zero attached hydrogens (tertiary/aromatic N) is 8. The predicted octanol–water partition coefficient (Wildman–Crippen LogP) is 3.58. The minimum absolute atomic E-state index is 0.000848. The fraction of sp³-hybridized carbons (Fsp3) is 0.794. The van der Waals surface area contributed by atoms with Crippen molar-refractivity contribution in [3.63, 3.8) is 0 Å². The number of nitrogens with one attached hydrogen (secondary N) is 4. The second-order valence-corrected chi connectivity index (χ2v) is 30.2. The summed E-state index contributed by atoms with van der Waals surface area (Å²) in [6.07, 6.45) is 14.7. The van der Waals surface area contributed by atoms with E-state index in [4.69, 9.17) is 11.2 Å². The van der Waals surface area contributed by atoms with Crippen molar-refractivity contribution in [3.05, 3.63) is 0 Å². The van der Waals surface area contributed by atoms with Gasteiger partial charge in [0.1, 0.15) is 47.8 Å². The molecular weight excluding hydrogens is 1320 g/mol. The Morgan fingerprint density at radius 1 is 0.606 bits per heavy atom. The van der Waals surface area contributed by atoms with Gasteiger partial charge in [-0.3, -0.25) is 57.5 Å². The van der Waals surface area contributed by atoms with Gasteiger partial charge in [-0.25, -0.2) is 0 Å². The maximum atomic E-state index is 15.1. The van der Waals surface area contributed by atoms with E-state index in [9.17, 15) is 52.7 Å². The van der Waals surface area contributed by atoms with Crippen LogP contribution >= 0.6 is 22.6 Å². The Morgan fingerprint density at radius 2 is 1.20 bits per heavy atom. The lowest BCUT2D eigenvalue weighted by molar-refractivity contribution is -0.152. The minimum Gasteiger partial charge on any atom is -0.381 e. The van der Waals surface area contributed by atoms with Crippen LogP contribution in [0.3, 0.4) is 0 Å². The fourth-order valence-electron chi connectivity index (χ4n) is 13.0. The number of alkyl halides is 1. The molecule has 2 unspecified atom stereocenters. The molecule has 0 aromatic heterocycles. The number of terminal acetylenes is 1. The number of piperidine rings is 1. The van der Waals surface area contributed by atoms with Crippen LogP contribution in [0, 0.1) is 41.9 Å². The van der Waals surface area contributed by atoms with Crippen molar-refractivity contribution < 1.29 is 62.3 Å². The van der Waals surface area contributed by atoms with Gasteiger partial charge < -0.3 is 65.2 Å². The van der Waals surface area contributed by atoms with Gasteiger partial charge in [0.25, 0.3) is 0 Å². The Morgan fingerprint density at radius 3 is 1.78 bits per heavy atom. The molecule has 94 heavy (non-hydrogen) atoms. The van der Waals surface area contributed by atoms with Crippen molar-refractivity contribution in [1.82, 2.24) is 60.5 Å². The zero-order valence-corrected chi connectivity index (χ0v) is 61.3. The highest BCUT2D eigenvalue weighted by Gasteiger charge is 2.45. The molecule has 2 heterocycles. The van der Waals surface area contributed by atoms with Gasteiger partial charge in [-0.2, -0.15) is 0 Å². The second kappa shape index (κ2) is 37.4. The third-order valence-corrected chi connectivity index (χ3v) is 20.9. The van der Waals surface area contributed by atoms with Crippen molar-refractivity contribution >= 4 is 93.5 Å². The molecule has 0 radical (unpaired) electrons. The molecular formula is C68H113IN12O13. The van der Waals surface area contributed by atoms with Gasteiger partial charge in [0, 0.05) is 79.9 Å². The number of amides is 12. The summed E-state index contributed by atoms with van der Waals surface area (Å²) in [5, 5.41) is 11.4. The molecule has 2 aliphatic carbocycles. The van der Waals surface area contributed by atoms with Gasteiger partial charge in [0.15, 0.2) is 0 Å². The van der Waals surface area contributed by atoms with Crippen molar-refractivity contribution in [2.45, 2.75) is 229 Å². The molecule has 4 N–H and O–H groups in total. The van der Waals surface area contributed by atoms with Gasteiger partial charge in [-0.05, 0) is 127 Å². The largest absolute Gasteiger partial charge is 0.381 e. The van der Waals surface area contributed by atoms with Crippen LogP contribution in [-0.2, 0) is 62.3 Å². The number of hydrogen-bond acceptors (Lipinski definition) is 13. The number of rotatable bonds is 13. The van der Waals surface area contributed by atoms with E-state index in [1.807, 2.05) is 34.6 Å². The van der Waals surface area contributed by atoms with Gasteiger partial charge in [0.05, 0.1) is 32.2 Å². The van der Waals surface area contributed by atoms with Crippen LogP contribution in [-0.4, -0.2) is 257 Å². The molecule has 26 heteroatoms. The van der Waals surface area contributed by atoms with Crippen LogP contribution < -0.4 is 21.3 Å². The Kier molecular flexibility index (Phi) is 32.0. The Hall–Kier alpha value is -6.11. The molecule has 0 spiro atoms. The van der Waals surface area contributed by atoms with E-state index in [1.54, 1.807) is 18.9 Å². The van der Waals surface area contributed by atoms with Crippen molar-refractivity contribution in [2.24, 2.45) is 29.6 Å². The molecule has 25 nitrogen and oxygen atoms in total. The number of carbonyl (C=O) groups is 12. The summed E-state index contributed by atoms with van der Waals surface area (Å²) < 4.78 is 5.94. The number of carbonyl (C=O) groups excluding carboxylic acids is 12. The zero-order valence-electron chi connectivity index (χ0n) is 59.2. The Bertz CT molecular complexity index is 2690. The first-order chi connectivity index (χ1) is 44.1. The average molecular weight is 1430 g/mol. The van der Waals surface area contributed by atoms with E-state index in [0.717, 1.165) is 54.7 Å². The summed E-state index contributed by atoms with van der Waals surface area (Å²) in [5.74, 6) is -6.20. The highest BCUT2D eigenvalue weighted by atomic mass is 127. The first-order valence-electron chi connectivity index (χ1n) is 34.0. The van der Waals surface area contributed by atoms with E-state index in [-0.39, 0.29) is 61.9 Å². The molecule has 2 saturated carbocycles. The van der Waals surface area contributed by atoms with Crippen LogP contribution in [0.5, 0.6) is 0 Å². The summed E-state index contributed by atoms with van der Waals surface area (Å²) in [6, 6.07) is -8.74. The summed E-state index contributed by atoms with van der Waals surface area (Å²) in [7, 11) is 11.6. The molecule has 4 rings (SSSR count). The lowest BCUT2D eigenvalue weighted by atomic mass is 9.83. The first kappa shape index (κ1) is 80.3. The lowest BCUT2D eigenvalue weighted by Gasteiger charge is -2.39. The molecule has 4 fully saturated rings. The van der Waals surface area contributed by atoms with Crippen LogP contribution in [0.4, 0.5) is 0 Å². The smallest absolute Gasteiger partial charge is 0.246 e. The maximum absolute atomic E-state index is 15.1. The van der Waals surface area contributed by atoms with Crippen LogP contribution in [0.15, 0.2) is 0 Å². The van der Waals surface area contributed by atoms with E-state index in [0.29, 0.717) is 49.1 Å². The Balaban J connectivity index is 1.86. The van der Waals surface area contributed by atoms with E-state index >= 15 is 4.79 Å². The quantitative estimate of drug-likeness (QED) is 0.117. The third-order valence-electron chi connectivity index (χ3n) is 19.8. The van der Waals surface area contributed by atoms with Gasteiger partial charge in [0.2, 0.25) is 70.9 Å². The van der Waals surface area contributed by atoms with E-state index in [2.05, 4.69) is 49.8 Å². The number of likely N-dealkylation sites (tertiary alicyclic amines) is 1. The molecule has 0 aromatic carbocycles. The molecule has 0 aromatic rings. The highest BCUT2D eigenvalue weighted by Crippen LogP contribution is 2.34. The molecule has 4 aliphatic rings. The number of hydrogen-bond donors (Lipinski definition) is 4. The second-order valence-electron chi connectivity index (χ2n) is 28.4. The van der Waals surface area contributed by atoms with Crippen LogP contribution in [0.1, 0.15) is 171 Å². The molecule has 10 atom stereocenters. The topological polar surface area (TPSA) is 288 Å². The van der Waals surface area contributed by atoms with Crippen molar-refractivity contribution in [2.75, 3.05) is 89.2 Å². The van der Waals surface area contributed by atoms with Crippen LogP contribution in [0.25, 0.3) is 0 Å². The molecule has 2 saturated heterocycles. The number of halogens is 1. The SMILES string of the molecule is C#CC[C@@H]1NC(=O)[C@H](CC2CCCC(I)C2)NC(=O)CN(C)C(=O)[C@H](CC2CCC(OC)CC2)N(C)C(=O)CN(C)C(=O)CN(C)C(=O)[C@H]([C@@H](C)CC)NC(=O)[C@H](CC(C)C)N(C)C(=O)C[C@@H](C(=O)N2CCCCC2)N(C)C(=O)[C@H](CC(C)C)NC(=O)C(C)(C)N(C)C1=O. The fourth-order valence-corrected chi connectivity index (χ4v) is 14.2. The molecule has 0 bridgehead atoms. The molecule has 12 amide bonds. The van der Waals surface area contributed by atoms with E-state index in [1.165, 1.54) is 87.7 Å². The van der Waals surface area contributed by atoms with E-state index < -0.39 is 151 Å². The van der Waals surface area contributed by atoms with Crippen molar-refractivity contribution in [1.29, 1.82) is 0 Å². The average Bonchev–Trinajstić information content (AvgIpc) is 0.841. The summed E-state index contributed by atoms with van der Waals surface area (Å²) in [6.45, 7) is 13.2. The normalized spacial score (nSPS) is 29.0. The van der Waals surface area contributed by atoms with Gasteiger partial charge >= 0.3 is 0 Å². The number of methoxy groups -OCH3 is 1. The summed E-state index contributed by atoms with van der Waals surface area (Å²) >= 11 is 2.38. The van der Waals surface area contributed by atoms with Crippen molar-refractivity contribution in [3.8, 4) is 12.3 Å². The van der Waals surface area contributed by atoms with Crippen LogP contribution in [0.2, 0.25) is 0 Å². The third kappa shape index (κ3) is 22.8. The van der Waals surface area contributed by atoms with Gasteiger partial charge in [-0.1, -0.05) is 83.4 Å². The highest BCUT2D eigenvalue weighted by molar-refractivity contribution is 14.1. The predicted molar refractivity (Wildman–Crippen MR) is 366 cm³/mol. The number of ether oxygens (including phenoxy) is 1. The maximum Gasteiger partial charge on any atom is 0.246 e. The molecule has 2 aliphatic heterocycles. The summed E-state index contributed by atoms with van der Waals surface area (Å²) in [5.41, 5.74) is -1.73. The summed E-state index contributed by atoms with van der Waals surface area (Å²) in [4.78, 5) is 186. The first-order valence-corrected chi connectivity index (χ1v) is 35.2. The van der Waals surface area contributed by atoms with Gasteiger partial charge in [-0.15, -0.1) is 12.3 Å². The zero-order chi connectivity index (χ0) is 70.6. The lowest BCUT2D eigenvalue weighted by Crippen LogP contribution is -2.63. The monoisotopic (exact) mass is 1430 g/mol. The number of likely N-dealkylation sites (N-methyl/N-ethyl adjacent to an activating group) is 7.